The molecule has 0 unspecified atom stereocenters. The predicted octanol–water partition coefficient (Wildman–Crippen LogP) is 4.48. The van der Waals surface area contributed by atoms with Crippen molar-refractivity contribution in [1.29, 1.82) is 0 Å². The van der Waals surface area contributed by atoms with Crippen LogP contribution < -0.4 is 0 Å². The number of fused-ring (bicyclic) bond motifs is 1. The van der Waals surface area contributed by atoms with Crippen LogP contribution in [0.1, 0.15) is 49.8 Å². The number of aromatic nitrogens is 3. The van der Waals surface area contributed by atoms with Crippen molar-refractivity contribution >= 4 is 17.1 Å². The van der Waals surface area contributed by atoms with Crippen molar-refractivity contribution in [1.82, 2.24) is 14.5 Å². The summed E-state index contributed by atoms with van der Waals surface area (Å²) in [4.78, 5) is 20.8. The fourth-order valence-corrected chi connectivity index (χ4v) is 3.44. The van der Waals surface area contributed by atoms with Gasteiger partial charge in [-0.1, -0.05) is 26.0 Å². The third-order valence-corrected chi connectivity index (χ3v) is 4.66. The van der Waals surface area contributed by atoms with Gasteiger partial charge in [-0.25, -0.2) is 9.97 Å². The molecule has 0 radical (unpaired) electrons. The summed E-state index contributed by atoms with van der Waals surface area (Å²) < 4.78 is 7.56. The summed E-state index contributed by atoms with van der Waals surface area (Å²) in [5.74, 6) is 0.846. The highest BCUT2D eigenvalue weighted by molar-refractivity contribution is 5.78. The number of rotatable bonds is 6. The molecule has 5 heteroatoms. The molecule has 0 bridgehead atoms. The standard InChI is InChI=1S/C22H27N3O2/c1-6-19-24-22-21(14(3)12-15(4)23-22)25(19)18-10-8-17(9-11-18)13-16(5)27-20(26)7-2/h8-12,16H,6-7,13H2,1-5H3/t16-/m0/s1. The number of carbonyl (C=O) groups is 1. The molecule has 0 N–H and O–H groups in total. The molecule has 0 aliphatic rings. The third kappa shape index (κ3) is 4.02. The van der Waals surface area contributed by atoms with E-state index in [9.17, 15) is 4.79 Å². The Balaban J connectivity index is 1.92. The molecule has 142 valence electrons. The van der Waals surface area contributed by atoms with Crippen molar-refractivity contribution < 1.29 is 9.53 Å². The summed E-state index contributed by atoms with van der Waals surface area (Å²) in [5, 5.41) is 0. The van der Waals surface area contributed by atoms with Crippen molar-refractivity contribution in [3.8, 4) is 5.69 Å². The molecule has 3 aromatic rings. The molecule has 0 amide bonds. The fourth-order valence-electron chi connectivity index (χ4n) is 3.44. The second-order valence-corrected chi connectivity index (χ2v) is 6.99. The second kappa shape index (κ2) is 7.91. The molecule has 1 aromatic carbocycles. The van der Waals surface area contributed by atoms with Crippen molar-refractivity contribution in [3.05, 3.63) is 53.0 Å². The molecular weight excluding hydrogens is 338 g/mol. The van der Waals surface area contributed by atoms with Gasteiger partial charge in [0.25, 0.3) is 0 Å². The van der Waals surface area contributed by atoms with E-state index in [2.05, 4.69) is 53.7 Å². The molecule has 3 rings (SSSR count). The molecule has 0 aliphatic carbocycles. The first kappa shape index (κ1) is 19.1. The average Bonchev–Trinajstić information content (AvgIpc) is 3.00. The fraction of sp³-hybridized carbons (Fsp3) is 0.409. The lowest BCUT2D eigenvalue weighted by atomic mass is 10.1. The minimum atomic E-state index is -0.158. The third-order valence-electron chi connectivity index (χ3n) is 4.66. The Morgan fingerprint density at radius 1 is 1.15 bits per heavy atom. The molecule has 0 aliphatic heterocycles. The monoisotopic (exact) mass is 365 g/mol. The topological polar surface area (TPSA) is 57.0 Å². The van der Waals surface area contributed by atoms with Crippen molar-refractivity contribution in [3.63, 3.8) is 0 Å². The van der Waals surface area contributed by atoms with Gasteiger partial charge in [0, 0.05) is 30.6 Å². The zero-order chi connectivity index (χ0) is 19.6. The molecule has 2 heterocycles. The number of nitrogens with zero attached hydrogens (tertiary/aromatic N) is 3. The van der Waals surface area contributed by atoms with Crippen LogP contribution >= 0.6 is 0 Å². The van der Waals surface area contributed by atoms with E-state index in [1.54, 1.807) is 0 Å². The summed E-state index contributed by atoms with van der Waals surface area (Å²) >= 11 is 0. The quantitative estimate of drug-likeness (QED) is 0.604. The lowest BCUT2D eigenvalue weighted by molar-refractivity contribution is -0.147. The van der Waals surface area contributed by atoms with Gasteiger partial charge in [-0.2, -0.15) is 0 Å². The molecule has 0 saturated heterocycles. The van der Waals surface area contributed by atoms with E-state index in [0.717, 1.165) is 40.4 Å². The van der Waals surface area contributed by atoms with Crippen LogP contribution in [0.2, 0.25) is 0 Å². The number of imidazole rings is 1. The van der Waals surface area contributed by atoms with Crippen LogP contribution in [0.15, 0.2) is 30.3 Å². The van der Waals surface area contributed by atoms with E-state index < -0.39 is 0 Å². The number of esters is 1. The Kier molecular flexibility index (Phi) is 5.59. The number of pyridine rings is 1. The van der Waals surface area contributed by atoms with Crippen LogP contribution in [0.3, 0.4) is 0 Å². The van der Waals surface area contributed by atoms with E-state index >= 15 is 0 Å². The van der Waals surface area contributed by atoms with Gasteiger partial charge in [0.2, 0.25) is 0 Å². The summed E-state index contributed by atoms with van der Waals surface area (Å²) in [6, 6.07) is 10.5. The van der Waals surface area contributed by atoms with Crippen LogP contribution in [0.25, 0.3) is 16.9 Å². The van der Waals surface area contributed by atoms with Crippen LogP contribution in [-0.2, 0) is 22.4 Å². The first-order valence-corrected chi connectivity index (χ1v) is 9.57. The van der Waals surface area contributed by atoms with E-state index in [1.165, 1.54) is 5.56 Å². The zero-order valence-corrected chi connectivity index (χ0v) is 16.7. The molecule has 5 nitrogen and oxygen atoms in total. The Morgan fingerprint density at radius 2 is 1.85 bits per heavy atom. The number of hydrogen-bond acceptors (Lipinski definition) is 4. The van der Waals surface area contributed by atoms with Crippen LogP contribution in [0.5, 0.6) is 0 Å². The highest BCUT2D eigenvalue weighted by Gasteiger charge is 2.15. The van der Waals surface area contributed by atoms with Crippen LogP contribution in [0.4, 0.5) is 0 Å². The number of ether oxygens (including phenoxy) is 1. The maximum absolute atomic E-state index is 11.4. The van der Waals surface area contributed by atoms with E-state index in [-0.39, 0.29) is 12.1 Å². The van der Waals surface area contributed by atoms with E-state index in [1.807, 2.05) is 20.8 Å². The summed E-state index contributed by atoms with van der Waals surface area (Å²) in [6.45, 7) is 9.95. The Bertz CT molecular complexity index is 958. The van der Waals surface area contributed by atoms with Crippen molar-refractivity contribution in [2.75, 3.05) is 0 Å². The number of carbonyl (C=O) groups excluding carboxylic acids is 1. The molecule has 27 heavy (non-hydrogen) atoms. The summed E-state index contributed by atoms with van der Waals surface area (Å²) in [7, 11) is 0. The lowest BCUT2D eigenvalue weighted by Gasteiger charge is -2.14. The maximum atomic E-state index is 11.4. The SMILES string of the molecule is CCC(=O)O[C@@H](C)Cc1ccc(-n2c(CC)nc3nc(C)cc(C)c32)cc1. The normalized spacial score (nSPS) is 12.3. The number of hydrogen-bond donors (Lipinski definition) is 0. The van der Waals surface area contributed by atoms with Gasteiger partial charge in [-0.3, -0.25) is 9.36 Å². The van der Waals surface area contributed by atoms with Crippen LogP contribution in [-0.4, -0.2) is 26.6 Å². The molecule has 1 atom stereocenters. The van der Waals surface area contributed by atoms with E-state index in [4.69, 9.17) is 9.72 Å². The first-order chi connectivity index (χ1) is 12.9. The Morgan fingerprint density at radius 3 is 2.48 bits per heavy atom. The summed E-state index contributed by atoms with van der Waals surface area (Å²) in [5.41, 5.74) is 6.24. The van der Waals surface area contributed by atoms with Gasteiger partial charge in [0.15, 0.2) is 5.65 Å². The number of aryl methyl sites for hydroxylation is 3. The van der Waals surface area contributed by atoms with Gasteiger partial charge in [-0.15, -0.1) is 0 Å². The highest BCUT2D eigenvalue weighted by Crippen LogP contribution is 2.25. The largest absolute Gasteiger partial charge is 0.462 e. The Hall–Kier alpha value is -2.69. The van der Waals surface area contributed by atoms with E-state index in [0.29, 0.717) is 12.8 Å². The molecular formula is C22H27N3O2. The van der Waals surface area contributed by atoms with Gasteiger partial charge >= 0.3 is 5.97 Å². The number of benzene rings is 1. The minimum absolute atomic E-state index is 0.127. The first-order valence-electron chi connectivity index (χ1n) is 9.57. The molecule has 0 saturated carbocycles. The minimum Gasteiger partial charge on any atom is -0.462 e. The summed E-state index contributed by atoms with van der Waals surface area (Å²) in [6.07, 6.45) is 1.82. The lowest BCUT2D eigenvalue weighted by Crippen LogP contribution is -2.16. The maximum Gasteiger partial charge on any atom is 0.305 e. The highest BCUT2D eigenvalue weighted by atomic mass is 16.5. The average molecular weight is 365 g/mol. The molecule has 0 fully saturated rings. The van der Waals surface area contributed by atoms with Gasteiger partial charge in [-0.05, 0) is 50.1 Å². The smallest absolute Gasteiger partial charge is 0.305 e. The van der Waals surface area contributed by atoms with Gasteiger partial charge in [0.1, 0.15) is 11.9 Å². The predicted molar refractivity (Wildman–Crippen MR) is 107 cm³/mol. The zero-order valence-electron chi connectivity index (χ0n) is 16.7. The Labute approximate surface area is 160 Å². The van der Waals surface area contributed by atoms with Crippen molar-refractivity contribution in [2.24, 2.45) is 0 Å². The molecule has 2 aromatic heterocycles. The molecule has 0 spiro atoms. The second-order valence-electron chi connectivity index (χ2n) is 6.99. The van der Waals surface area contributed by atoms with Gasteiger partial charge in [0.05, 0.1) is 5.52 Å². The van der Waals surface area contributed by atoms with Gasteiger partial charge < -0.3 is 4.74 Å². The van der Waals surface area contributed by atoms with Crippen molar-refractivity contribution in [2.45, 2.75) is 60.0 Å². The van der Waals surface area contributed by atoms with Crippen LogP contribution in [0, 0.1) is 13.8 Å².